The van der Waals surface area contributed by atoms with Crippen LogP contribution in [-0.4, -0.2) is 103 Å². The Bertz CT molecular complexity index is 1290. The molecule has 0 aromatic carbocycles. The van der Waals surface area contributed by atoms with Crippen LogP contribution in [0.4, 0.5) is 4.79 Å². The number of unbranched alkanes of at least 4 members (excludes halogenated alkanes) is 1. The van der Waals surface area contributed by atoms with Crippen LogP contribution in [0.15, 0.2) is 23.8 Å². The summed E-state index contributed by atoms with van der Waals surface area (Å²) < 4.78 is 16.3. The van der Waals surface area contributed by atoms with Crippen molar-refractivity contribution in [1.29, 1.82) is 0 Å². The molecule has 3 fully saturated rings. The zero-order valence-corrected chi connectivity index (χ0v) is 28.0. The van der Waals surface area contributed by atoms with Gasteiger partial charge < -0.3 is 19.3 Å². The fraction of sp³-hybridized carbons (Fsp3) is 0.742. The summed E-state index contributed by atoms with van der Waals surface area (Å²) in [6.45, 7) is 4.28. The standard InChI is InChI=1S/C31H45ClN2O14/c1-19-15-23-22-9-8-20-16-21(35)10-11-28(20,2)30(22,32)24(36)17-29(23,3)31(19,48-26(38)7-6-14-47-34(42)43)25(37)18-45-27(39)44-12-4-5-13-46-33(40)41/h10-11,16,19,22-24,36,40-43H,4-9,12-15,17-18H2,1-3H3/t19-,22?,23?,24-,28-,29-,30-,31-/m0/s1. The molecule has 4 rings (SSSR count). The summed E-state index contributed by atoms with van der Waals surface area (Å²) >= 11 is 7.53. The van der Waals surface area contributed by atoms with Crippen molar-refractivity contribution < 1.29 is 69.0 Å². The van der Waals surface area contributed by atoms with Crippen LogP contribution < -0.4 is 0 Å². The van der Waals surface area contributed by atoms with E-state index in [4.69, 9.17) is 46.6 Å². The molecule has 0 spiro atoms. The van der Waals surface area contributed by atoms with Crippen LogP contribution in [0.5, 0.6) is 0 Å². The van der Waals surface area contributed by atoms with Crippen LogP contribution in [0.3, 0.4) is 0 Å². The van der Waals surface area contributed by atoms with Crippen LogP contribution in [0.1, 0.15) is 72.1 Å². The number of fused-ring (bicyclic) bond motifs is 5. The zero-order chi connectivity index (χ0) is 35.5. The van der Waals surface area contributed by atoms with E-state index < -0.39 is 68.6 Å². The molecular weight excluding hydrogens is 660 g/mol. The third kappa shape index (κ3) is 7.06. The molecule has 8 atom stereocenters. The molecule has 0 saturated heterocycles. The summed E-state index contributed by atoms with van der Waals surface area (Å²) in [5, 5.41) is 45.7. The van der Waals surface area contributed by atoms with E-state index in [9.17, 15) is 24.3 Å². The number of hydrogen-bond acceptors (Lipinski definition) is 16. The van der Waals surface area contributed by atoms with Crippen LogP contribution in [-0.2, 0) is 38.3 Å². The largest absolute Gasteiger partial charge is 0.508 e. The van der Waals surface area contributed by atoms with Crippen LogP contribution in [0, 0.1) is 28.6 Å². The highest BCUT2D eigenvalue weighted by atomic mass is 35.5. The number of aliphatic hydroxyl groups is 1. The number of esters is 1. The molecule has 0 aliphatic heterocycles. The fourth-order valence-corrected chi connectivity index (χ4v) is 9.29. The van der Waals surface area contributed by atoms with Gasteiger partial charge in [-0.2, -0.15) is 0 Å². The minimum atomic E-state index is -1.84. The number of Topliss-reactive ketones (excluding diaryl/α,β-unsaturated/α-hetero) is 1. The first-order valence-corrected chi connectivity index (χ1v) is 16.4. The minimum Gasteiger partial charge on any atom is -0.450 e. The number of carbonyl (C=O) groups excluding carboxylic acids is 4. The first-order chi connectivity index (χ1) is 22.5. The Kier molecular flexibility index (Phi) is 12.1. The molecule has 0 aromatic heterocycles. The van der Waals surface area contributed by atoms with Gasteiger partial charge >= 0.3 is 12.1 Å². The lowest BCUT2D eigenvalue weighted by Crippen LogP contribution is -2.69. The van der Waals surface area contributed by atoms with Gasteiger partial charge in [-0.05, 0) is 68.9 Å². The maximum Gasteiger partial charge on any atom is 0.508 e. The molecule has 0 bridgehead atoms. The molecule has 0 radical (unpaired) electrons. The van der Waals surface area contributed by atoms with E-state index in [-0.39, 0.29) is 56.7 Å². The molecule has 5 N–H and O–H groups in total. The van der Waals surface area contributed by atoms with Gasteiger partial charge in [0.1, 0.15) is 0 Å². The van der Waals surface area contributed by atoms with Crippen LogP contribution in [0.2, 0.25) is 0 Å². The lowest BCUT2D eigenvalue weighted by atomic mass is 9.45. The predicted octanol–water partition coefficient (Wildman–Crippen LogP) is 3.46. The summed E-state index contributed by atoms with van der Waals surface area (Å²) in [7, 11) is 0. The van der Waals surface area contributed by atoms with E-state index in [0.717, 1.165) is 5.57 Å². The molecule has 0 heterocycles. The second-order valence-corrected chi connectivity index (χ2v) is 14.0. The Morgan fingerprint density at radius 2 is 1.62 bits per heavy atom. The SMILES string of the molecule is C[C@H]1CC2C3CCC4=CC(=O)C=C[C@]4(C)[C@@]3(Cl)[C@@H](O)C[C@]2(C)[C@@]1(OC(=O)CCCON(O)O)C(=O)COC(=O)OCCCCON(O)O. The van der Waals surface area contributed by atoms with Crippen molar-refractivity contribution in [3.8, 4) is 0 Å². The summed E-state index contributed by atoms with van der Waals surface area (Å²) in [6, 6.07) is 0. The summed E-state index contributed by atoms with van der Waals surface area (Å²) in [4.78, 5) is 60.0. The topological polar surface area (TPSA) is 222 Å². The average Bonchev–Trinajstić information content (AvgIpc) is 3.22. The Morgan fingerprint density at radius 1 is 0.979 bits per heavy atom. The van der Waals surface area contributed by atoms with Crippen LogP contribution in [0.25, 0.3) is 0 Å². The molecule has 2 unspecified atom stereocenters. The van der Waals surface area contributed by atoms with Crippen molar-refractivity contribution in [3.63, 3.8) is 0 Å². The number of allylic oxidation sites excluding steroid dienone is 4. The minimum absolute atomic E-state index is 0.0202. The molecule has 0 amide bonds. The van der Waals surface area contributed by atoms with Gasteiger partial charge in [-0.15, -0.1) is 11.6 Å². The number of alkyl halides is 1. The number of halogens is 1. The Labute approximate surface area is 282 Å². The highest BCUT2D eigenvalue weighted by Crippen LogP contribution is 2.72. The van der Waals surface area contributed by atoms with E-state index in [1.54, 1.807) is 26.0 Å². The zero-order valence-electron chi connectivity index (χ0n) is 27.2. The Hall–Kier alpha value is -2.51. The molecular formula is C31H45ClN2O14. The van der Waals surface area contributed by atoms with E-state index in [1.165, 1.54) is 6.08 Å². The van der Waals surface area contributed by atoms with Crippen molar-refractivity contribution in [2.24, 2.45) is 28.6 Å². The summed E-state index contributed by atoms with van der Waals surface area (Å²) in [5.74, 6) is -2.89. The second kappa shape index (κ2) is 15.2. The van der Waals surface area contributed by atoms with E-state index in [0.29, 0.717) is 32.1 Å². The van der Waals surface area contributed by atoms with Gasteiger partial charge in [0.15, 0.2) is 18.0 Å². The smallest absolute Gasteiger partial charge is 0.450 e. The lowest BCUT2D eigenvalue weighted by Gasteiger charge is -2.64. The van der Waals surface area contributed by atoms with Gasteiger partial charge in [-0.1, -0.05) is 32.4 Å². The molecule has 3 saturated carbocycles. The van der Waals surface area contributed by atoms with Crippen molar-refractivity contribution in [1.82, 2.24) is 10.8 Å². The third-order valence-electron chi connectivity index (χ3n) is 10.9. The van der Waals surface area contributed by atoms with Gasteiger partial charge in [-0.25, -0.2) is 4.79 Å². The molecule has 17 heteroatoms. The predicted molar refractivity (Wildman–Crippen MR) is 160 cm³/mol. The highest BCUT2D eigenvalue weighted by molar-refractivity contribution is 6.26. The van der Waals surface area contributed by atoms with Crippen molar-refractivity contribution in [2.75, 3.05) is 26.4 Å². The van der Waals surface area contributed by atoms with Crippen LogP contribution >= 0.6 is 11.6 Å². The molecule has 0 aromatic rings. The van der Waals surface area contributed by atoms with E-state index in [2.05, 4.69) is 9.68 Å². The Morgan fingerprint density at radius 3 is 2.29 bits per heavy atom. The second-order valence-electron chi connectivity index (χ2n) is 13.4. The molecule has 4 aliphatic rings. The van der Waals surface area contributed by atoms with Crippen molar-refractivity contribution >= 4 is 35.3 Å². The quantitative estimate of drug-likeness (QED) is 0.0712. The van der Waals surface area contributed by atoms with Gasteiger partial charge in [0, 0.05) is 23.2 Å². The molecule has 270 valence electrons. The first-order valence-electron chi connectivity index (χ1n) is 16.0. The summed E-state index contributed by atoms with van der Waals surface area (Å²) in [6.07, 6.45) is 4.27. The normalized spacial score (nSPS) is 35.5. The lowest BCUT2D eigenvalue weighted by molar-refractivity contribution is -0.492. The number of hydrogen-bond donors (Lipinski definition) is 5. The third-order valence-corrected chi connectivity index (χ3v) is 11.8. The molecule has 16 nitrogen and oxygen atoms in total. The number of carbonyl (C=O) groups is 4. The van der Waals surface area contributed by atoms with Gasteiger partial charge in [0.2, 0.25) is 5.78 Å². The average molecular weight is 705 g/mol. The monoisotopic (exact) mass is 704 g/mol. The van der Waals surface area contributed by atoms with Gasteiger partial charge in [0.05, 0.1) is 41.6 Å². The number of ketones is 2. The number of rotatable bonds is 15. The van der Waals surface area contributed by atoms with Gasteiger partial charge in [-0.3, -0.25) is 44.9 Å². The maximum atomic E-state index is 14.3. The molecule has 48 heavy (non-hydrogen) atoms. The van der Waals surface area contributed by atoms with E-state index in [1.807, 2.05) is 6.92 Å². The van der Waals surface area contributed by atoms with Gasteiger partial charge in [0.25, 0.3) is 0 Å². The van der Waals surface area contributed by atoms with Crippen molar-refractivity contribution in [2.45, 2.75) is 88.7 Å². The van der Waals surface area contributed by atoms with E-state index >= 15 is 0 Å². The number of nitrogens with zero attached hydrogens (tertiary/aromatic N) is 2. The maximum absolute atomic E-state index is 14.3. The molecule has 4 aliphatic carbocycles. The first kappa shape index (κ1) is 38.3. The number of aliphatic hydroxyl groups excluding tert-OH is 1. The van der Waals surface area contributed by atoms with Crippen molar-refractivity contribution in [3.05, 3.63) is 23.8 Å². The fourth-order valence-electron chi connectivity index (χ4n) is 8.77. The Balaban J connectivity index is 1.58. The summed E-state index contributed by atoms with van der Waals surface area (Å²) in [5.41, 5.74) is -3.01. The number of ether oxygens (including phenoxy) is 3. The highest BCUT2D eigenvalue weighted by Gasteiger charge is 2.76.